The van der Waals surface area contributed by atoms with Crippen molar-refractivity contribution in [3.05, 3.63) is 58.6 Å². The summed E-state index contributed by atoms with van der Waals surface area (Å²) in [5.74, 6) is 0. The zero-order valence-corrected chi connectivity index (χ0v) is 15.8. The van der Waals surface area contributed by atoms with Gasteiger partial charge in [0.15, 0.2) is 0 Å². The fourth-order valence-electron chi connectivity index (χ4n) is 3.01. The van der Waals surface area contributed by atoms with Gasteiger partial charge in [0, 0.05) is 4.47 Å². The molecule has 1 atom stereocenters. The molecule has 0 spiro atoms. The molecule has 3 aromatic carbocycles. The molecule has 120 valence electrons. The van der Waals surface area contributed by atoms with Crippen molar-refractivity contribution >= 4 is 37.5 Å². The SMILES string of the molecule is CCC(C)OC(C)(C)c1ccc2cc3cccc(Br)c3cc2c1. The molecule has 1 nitrogen and oxygen atoms in total. The Morgan fingerprint density at radius 2 is 1.78 bits per heavy atom. The first kappa shape index (κ1) is 16.5. The molecule has 0 aliphatic heterocycles. The molecule has 0 saturated heterocycles. The van der Waals surface area contributed by atoms with Crippen molar-refractivity contribution in [3.8, 4) is 0 Å². The summed E-state index contributed by atoms with van der Waals surface area (Å²) in [5, 5.41) is 5.02. The topological polar surface area (TPSA) is 9.23 Å². The van der Waals surface area contributed by atoms with Crippen LogP contribution in [0.1, 0.15) is 39.7 Å². The van der Waals surface area contributed by atoms with Gasteiger partial charge in [0.25, 0.3) is 0 Å². The van der Waals surface area contributed by atoms with E-state index in [9.17, 15) is 0 Å². The van der Waals surface area contributed by atoms with Crippen LogP contribution >= 0.6 is 15.9 Å². The molecule has 0 amide bonds. The minimum absolute atomic E-state index is 0.256. The Bertz CT molecular complexity index is 851. The van der Waals surface area contributed by atoms with Crippen molar-refractivity contribution in [1.82, 2.24) is 0 Å². The first-order valence-corrected chi connectivity index (χ1v) is 9.00. The lowest BCUT2D eigenvalue weighted by atomic mass is 9.93. The number of hydrogen-bond donors (Lipinski definition) is 0. The van der Waals surface area contributed by atoms with E-state index in [-0.39, 0.29) is 11.7 Å². The second-order valence-corrected chi connectivity index (χ2v) is 7.58. The lowest BCUT2D eigenvalue weighted by molar-refractivity contribution is -0.0691. The number of halogens is 1. The van der Waals surface area contributed by atoms with Crippen LogP contribution in [0.25, 0.3) is 21.5 Å². The molecule has 0 aliphatic rings. The van der Waals surface area contributed by atoms with Gasteiger partial charge in [0.2, 0.25) is 0 Å². The van der Waals surface area contributed by atoms with Crippen molar-refractivity contribution in [2.45, 2.75) is 45.8 Å². The summed E-state index contributed by atoms with van der Waals surface area (Å²) in [5.41, 5.74) is 0.934. The normalized spacial score (nSPS) is 13.6. The van der Waals surface area contributed by atoms with Crippen LogP contribution in [0.15, 0.2) is 53.0 Å². The average Bonchev–Trinajstić information content (AvgIpc) is 2.52. The molecule has 3 aromatic rings. The van der Waals surface area contributed by atoms with Gasteiger partial charge >= 0.3 is 0 Å². The highest BCUT2D eigenvalue weighted by Gasteiger charge is 2.23. The van der Waals surface area contributed by atoms with Crippen molar-refractivity contribution in [2.24, 2.45) is 0 Å². The Morgan fingerprint density at radius 1 is 1.00 bits per heavy atom. The molecule has 0 N–H and O–H groups in total. The monoisotopic (exact) mass is 370 g/mol. The van der Waals surface area contributed by atoms with Crippen LogP contribution in [0.3, 0.4) is 0 Å². The first-order valence-electron chi connectivity index (χ1n) is 8.21. The van der Waals surface area contributed by atoms with Crippen molar-refractivity contribution < 1.29 is 4.74 Å². The molecule has 0 fully saturated rings. The van der Waals surface area contributed by atoms with Crippen LogP contribution < -0.4 is 0 Å². The van der Waals surface area contributed by atoms with Gasteiger partial charge in [0.1, 0.15) is 0 Å². The number of ether oxygens (including phenoxy) is 1. The zero-order valence-electron chi connectivity index (χ0n) is 14.2. The van der Waals surface area contributed by atoms with Gasteiger partial charge in [-0.05, 0) is 78.6 Å². The molecule has 0 bridgehead atoms. The predicted molar refractivity (Wildman–Crippen MR) is 103 cm³/mol. The Morgan fingerprint density at radius 3 is 2.52 bits per heavy atom. The maximum absolute atomic E-state index is 6.22. The molecule has 0 radical (unpaired) electrons. The summed E-state index contributed by atoms with van der Waals surface area (Å²) >= 11 is 3.66. The molecular weight excluding hydrogens is 348 g/mol. The van der Waals surface area contributed by atoms with Crippen LogP contribution in [0.4, 0.5) is 0 Å². The van der Waals surface area contributed by atoms with E-state index >= 15 is 0 Å². The van der Waals surface area contributed by atoms with E-state index in [1.165, 1.54) is 27.1 Å². The van der Waals surface area contributed by atoms with Gasteiger partial charge in [-0.3, -0.25) is 0 Å². The van der Waals surface area contributed by atoms with Crippen molar-refractivity contribution in [3.63, 3.8) is 0 Å². The minimum atomic E-state index is -0.285. The quantitative estimate of drug-likeness (QED) is 0.458. The van der Waals surface area contributed by atoms with Crippen LogP contribution in [-0.4, -0.2) is 6.10 Å². The van der Waals surface area contributed by atoms with Gasteiger partial charge in [-0.2, -0.15) is 0 Å². The lowest BCUT2D eigenvalue weighted by Crippen LogP contribution is -2.26. The second-order valence-electron chi connectivity index (χ2n) is 6.72. The Labute approximate surface area is 146 Å². The molecule has 1 unspecified atom stereocenters. The van der Waals surface area contributed by atoms with Crippen LogP contribution in [0, 0.1) is 0 Å². The standard InChI is InChI=1S/C21H23BrO/c1-5-14(2)23-21(3,4)18-10-9-15-11-16-7-6-8-20(22)19(16)13-17(15)12-18/h6-14H,5H2,1-4H3. The predicted octanol–water partition coefficient (Wildman–Crippen LogP) is 6.81. The fraction of sp³-hybridized carbons (Fsp3) is 0.333. The van der Waals surface area contributed by atoms with Crippen LogP contribution in [-0.2, 0) is 10.3 Å². The highest BCUT2D eigenvalue weighted by molar-refractivity contribution is 9.10. The smallest absolute Gasteiger partial charge is 0.0879 e. The largest absolute Gasteiger partial charge is 0.368 e. The van der Waals surface area contributed by atoms with E-state index in [1.807, 2.05) is 0 Å². The minimum Gasteiger partial charge on any atom is -0.368 e. The molecule has 0 heterocycles. The van der Waals surface area contributed by atoms with E-state index in [0.29, 0.717) is 0 Å². The van der Waals surface area contributed by atoms with Gasteiger partial charge in [-0.15, -0.1) is 0 Å². The Hall–Kier alpha value is -1.38. The molecule has 3 rings (SSSR count). The van der Waals surface area contributed by atoms with Crippen molar-refractivity contribution in [1.29, 1.82) is 0 Å². The summed E-state index contributed by atoms with van der Waals surface area (Å²) < 4.78 is 7.36. The third-order valence-corrected chi connectivity index (χ3v) is 5.24. The Balaban J connectivity index is 2.11. The summed E-state index contributed by atoms with van der Waals surface area (Å²) in [6.07, 6.45) is 1.28. The van der Waals surface area contributed by atoms with Gasteiger partial charge in [-0.25, -0.2) is 0 Å². The molecule has 0 aliphatic carbocycles. The first-order chi connectivity index (χ1) is 10.9. The molecule has 0 aromatic heterocycles. The number of fused-ring (bicyclic) bond motifs is 2. The van der Waals surface area contributed by atoms with Gasteiger partial charge in [0.05, 0.1) is 11.7 Å². The second kappa shape index (κ2) is 6.26. The maximum Gasteiger partial charge on any atom is 0.0879 e. The Kier molecular flexibility index (Phi) is 4.48. The molecule has 0 saturated carbocycles. The summed E-state index contributed by atoms with van der Waals surface area (Å²) in [4.78, 5) is 0. The zero-order chi connectivity index (χ0) is 16.6. The number of rotatable bonds is 4. The van der Waals surface area contributed by atoms with Gasteiger partial charge in [-0.1, -0.05) is 47.1 Å². The third kappa shape index (κ3) is 3.29. The van der Waals surface area contributed by atoms with E-state index in [4.69, 9.17) is 4.74 Å². The van der Waals surface area contributed by atoms with E-state index in [0.717, 1.165) is 10.9 Å². The summed E-state index contributed by atoms with van der Waals surface area (Å²) in [6, 6.07) is 17.5. The summed E-state index contributed by atoms with van der Waals surface area (Å²) in [7, 11) is 0. The lowest BCUT2D eigenvalue weighted by Gasteiger charge is -2.29. The van der Waals surface area contributed by atoms with Crippen molar-refractivity contribution in [2.75, 3.05) is 0 Å². The highest BCUT2D eigenvalue weighted by atomic mass is 79.9. The van der Waals surface area contributed by atoms with Gasteiger partial charge < -0.3 is 4.74 Å². The third-order valence-electron chi connectivity index (χ3n) is 4.55. The van der Waals surface area contributed by atoms with E-state index in [1.54, 1.807) is 0 Å². The highest BCUT2D eigenvalue weighted by Crippen LogP contribution is 2.33. The molecule has 23 heavy (non-hydrogen) atoms. The molecular formula is C21H23BrO. The molecule has 2 heteroatoms. The fourth-order valence-corrected chi connectivity index (χ4v) is 3.51. The van der Waals surface area contributed by atoms with Crippen LogP contribution in [0.5, 0.6) is 0 Å². The van der Waals surface area contributed by atoms with E-state index in [2.05, 4.69) is 92.2 Å². The van der Waals surface area contributed by atoms with Crippen LogP contribution in [0.2, 0.25) is 0 Å². The maximum atomic E-state index is 6.22. The number of benzene rings is 3. The number of hydrogen-bond acceptors (Lipinski definition) is 1. The average molecular weight is 371 g/mol. The summed E-state index contributed by atoms with van der Waals surface area (Å²) in [6.45, 7) is 8.59. The van der Waals surface area contributed by atoms with E-state index < -0.39 is 0 Å².